The van der Waals surface area contributed by atoms with Crippen molar-refractivity contribution in [1.29, 1.82) is 0 Å². The number of fused-ring (bicyclic) bond motifs is 3. The minimum Gasteiger partial charge on any atom is -0.493 e. The van der Waals surface area contributed by atoms with Crippen LogP contribution in [0, 0.1) is 16.0 Å². The van der Waals surface area contributed by atoms with Gasteiger partial charge in [-0.05, 0) is 41.5 Å². The number of methoxy groups -OCH3 is 3. The van der Waals surface area contributed by atoms with E-state index in [9.17, 15) is 19.7 Å². The lowest BCUT2D eigenvalue weighted by molar-refractivity contribution is -0.384. The third kappa shape index (κ3) is 4.18. The van der Waals surface area contributed by atoms with Crippen LogP contribution in [-0.4, -0.2) is 55.9 Å². The molecule has 0 aromatic heterocycles. The molecule has 0 amide bonds. The van der Waals surface area contributed by atoms with Gasteiger partial charge in [0.1, 0.15) is 17.0 Å². The van der Waals surface area contributed by atoms with Gasteiger partial charge in [0.25, 0.3) is 5.69 Å². The Bertz CT molecular complexity index is 1600. The van der Waals surface area contributed by atoms with Crippen LogP contribution < -0.4 is 23.7 Å². The van der Waals surface area contributed by atoms with E-state index in [0.717, 1.165) is 6.07 Å². The average molecular weight is 642 g/mol. The highest BCUT2D eigenvalue weighted by atomic mass is 79.9. The van der Waals surface area contributed by atoms with Crippen molar-refractivity contribution in [2.24, 2.45) is 5.92 Å². The van der Waals surface area contributed by atoms with E-state index in [0.29, 0.717) is 45.4 Å². The van der Waals surface area contributed by atoms with Gasteiger partial charge in [0.2, 0.25) is 12.5 Å². The average Bonchev–Trinajstić information content (AvgIpc) is 3.58. The maximum atomic E-state index is 13.6. The topological polar surface area (TPSA) is 142 Å². The normalized spacial score (nSPS) is 23.3. The predicted octanol–water partition coefficient (Wildman–Crippen LogP) is 4.70. The highest BCUT2D eigenvalue weighted by Crippen LogP contribution is 2.61. The number of benzene rings is 3. The second-order valence-electron chi connectivity index (χ2n) is 9.83. The standard InChI is InChI=1S/C29H24BrNO11/c1-36-22-8-15(9-23(37-2)26(22)38-3)24-17-10-20-21(41-13-40-20)11-18(17)25(19-12-39-28(33)29(19,24)30)42-27(32)14-5-4-6-16(7-14)31(34)35/h4-11,19,24-25H,12-13H2,1-3H3/t19-,24-,25+,29+/m1/s1. The summed E-state index contributed by atoms with van der Waals surface area (Å²) in [5, 5.41) is 11.3. The van der Waals surface area contributed by atoms with Crippen LogP contribution >= 0.6 is 15.9 Å². The van der Waals surface area contributed by atoms with E-state index in [2.05, 4.69) is 15.9 Å². The third-order valence-electron chi connectivity index (χ3n) is 7.77. The molecule has 0 saturated carbocycles. The molecule has 0 spiro atoms. The summed E-state index contributed by atoms with van der Waals surface area (Å²) in [7, 11) is 4.48. The zero-order chi connectivity index (χ0) is 29.8. The van der Waals surface area contributed by atoms with Crippen LogP contribution in [0.3, 0.4) is 0 Å². The number of carbonyl (C=O) groups excluding carboxylic acids is 2. The number of carbonyl (C=O) groups is 2. The van der Waals surface area contributed by atoms with Crippen LogP contribution in [0.25, 0.3) is 0 Å². The number of nitrogens with zero attached hydrogens (tertiary/aromatic N) is 1. The molecule has 2 aliphatic heterocycles. The Morgan fingerprint density at radius 3 is 2.26 bits per heavy atom. The highest BCUT2D eigenvalue weighted by molar-refractivity contribution is 9.10. The van der Waals surface area contributed by atoms with Gasteiger partial charge in [0, 0.05) is 23.6 Å². The molecule has 3 aliphatic rings. The van der Waals surface area contributed by atoms with Crippen LogP contribution in [0.2, 0.25) is 0 Å². The molecule has 42 heavy (non-hydrogen) atoms. The van der Waals surface area contributed by atoms with Crippen molar-refractivity contribution in [3.8, 4) is 28.7 Å². The summed E-state index contributed by atoms with van der Waals surface area (Å²) in [6, 6.07) is 12.2. The molecule has 1 saturated heterocycles. The maximum absolute atomic E-state index is 13.6. The number of esters is 2. The number of halogens is 1. The molecule has 13 heteroatoms. The second kappa shape index (κ2) is 10.4. The van der Waals surface area contributed by atoms with Gasteiger partial charge in [0.05, 0.1) is 37.7 Å². The number of cyclic esters (lactones) is 1. The molecule has 3 aromatic rings. The number of hydrogen-bond donors (Lipinski definition) is 0. The molecular weight excluding hydrogens is 618 g/mol. The Morgan fingerprint density at radius 1 is 0.976 bits per heavy atom. The quantitative estimate of drug-likeness (QED) is 0.153. The zero-order valence-corrected chi connectivity index (χ0v) is 24.2. The Kier molecular flexibility index (Phi) is 6.84. The molecule has 2 heterocycles. The lowest BCUT2D eigenvalue weighted by Gasteiger charge is -2.43. The minimum atomic E-state index is -1.40. The van der Waals surface area contributed by atoms with Crippen molar-refractivity contribution in [2.75, 3.05) is 34.7 Å². The highest BCUT2D eigenvalue weighted by Gasteiger charge is 2.64. The van der Waals surface area contributed by atoms with Crippen molar-refractivity contribution < 1.29 is 47.7 Å². The van der Waals surface area contributed by atoms with Crippen LogP contribution in [0.15, 0.2) is 48.5 Å². The number of alkyl halides is 1. The molecule has 0 N–H and O–H groups in total. The van der Waals surface area contributed by atoms with Crippen LogP contribution in [0.4, 0.5) is 5.69 Å². The van der Waals surface area contributed by atoms with Crippen molar-refractivity contribution in [3.63, 3.8) is 0 Å². The predicted molar refractivity (Wildman–Crippen MR) is 148 cm³/mol. The first-order valence-corrected chi connectivity index (χ1v) is 13.6. The number of nitro groups is 1. The van der Waals surface area contributed by atoms with Crippen molar-refractivity contribution in [1.82, 2.24) is 0 Å². The smallest absolute Gasteiger partial charge is 0.339 e. The molecule has 0 bridgehead atoms. The number of ether oxygens (including phenoxy) is 7. The van der Waals surface area contributed by atoms with Crippen LogP contribution in [0.1, 0.15) is 39.1 Å². The molecule has 1 aliphatic carbocycles. The summed E-state index contributed by atoms with van der Waals surface area (Å²) in [6.45, 7) is -0.0675. The summed E-state index contributed by atoms with van der Waals surface area (Å²) in [5.74, 6) is -0.702. The molecule has 3 aromatic carbocycles. The second-order valence-corrected chi connectivity index (χ2v) is 11.1. The Balaban J connectivity index is 1.54. The number of nitro benzene ring substituents is 1. The minimum absolute atomic E-state index is 0.00383. The summed E-state index contributed by atoms with van der Waals surface area (Å²) in [6.07, 6.45) is -0.995. The van der Waals surface area contributed by atoms with E-state index in [1.54, 1.807) is 24.3 Å². The number of hydrogen-bond acceptors (Lipinski definition) is 11. The van der Waals surface area contributed by atoms with Gasteiger partial charge >= 0.3 is 11.9 Å². The van der Waals surface area contributed by atoms with Crippen LogP contribution in [-0.2, 0) is 14.3 Å². The molecule has 4 atom stereocenters. The summed E-state index contributed by atoms with van der Waals surface area (Å²) in [5.41, 5.74) is 1.54. The van der Waals surface area contributed by atoms with E-state index < -0.39 is 39.1 Å². The summed E-state index contributed by atoms with van der Waals surface area (Å²) >= 11 is 3.75. The summed E-state index contributed by atoms with van der Waals surface area (Å²) < 4.78 is 38.2. The van der Waals surface area contributed by atoms with Gasteiger partial charge in [-0.25, -0.2) is 4.79 Å². The monoisotopic (exact) mass is 641 g/mol. The fourth-order valence-corrected chi connectivity index (χ4v) is 6.86. The fourth-order valence-electron chi connectivity index (χ4n) is 5.87. The molecule has 6 rings (SSSR count). The Morgan fingerprint density at radius 2 is 1.64 bits per heavy atom. The third-order valence-corrected chi connectivity index (χ3v) is 9.14. The fraction of sp³-hybridized carbons (Fsp3) is 0.310. The van der Waals surface area contributed by atoms with Gasteiger partial charge in [-0.2, -0.15) is 0 Å². The first-order valence-electron chi connectivity index (χ1n) is 12.8. The van der Waals surface area contributed by atoms with Gasteiger partial charge in [0.15, 0.2) is 23.0 Å². The van der Waals surface area contributed by atoms with E-state index in [1.807, 2.05) is 0 Å². The van der Waals surface area contributed by atoms with Gasteiger partial charge < -0.3 is 33.2 Å². The lowest BCUT2D eigenvalue weighted by atomic mass is 9.66. The number of rotatable bonds is 7. The van der Waals surface area contributed by atoms with Crippen molar-refractivity contribution in [3.05, 3.63) is 80.9 Å². The summed E-state index contributed by atoms with van der Waals surface area (Å²) in [4.78, 5) is 37.7. The molecule has 0 radical (unpaired) electrons. The van der Waals surface area contributed by atoms with Crippen molar-refractivity contribution >= 4 is 33.6 Å². The van der Waals surface area contributed by atoms with Crippen LogP contribution in [0.5, 0.6) is 28.7 Å². The molecule has 0 unspecified atom stereocenters. The zero-order valence-electron chi connectivity index (χ0n) is 22.6. The molecule has 1 fully saturated rings. The molecular formula is C29H24BrNO11. The SMILES string of the molecule is COc1cc([C@@H]2c3cc4c(cc3[C@H](OC(=O)c3cccc([N+](=O)[O-])c3)[C@H]3COC(=O)[C@@]23Br)OCO4)cc(OC)c1OC. The Hall–Kier alpha value is -4.52. The first-order chi connectivity index (χ1) is 20.2. The number of non-ortho nitro benzene ring substituents is 1. The van der Waals surface area contributed by atoms with E-state index in [4.69, 9.17) is 33.2 Å². The maximum Gasteiger partial charge on any atom is 0.339 e. The van der Waals surface area contributed by atoms with Crippen molar-refractivity contribution in [2.45, 2.75) is 16.3 Å². The first kappa shape index (κ1) is 27.6. The largest absolute Gasteiger partial charge is 0.493 e. The van der Waals surface area contributed by atoms with Gasteiger partial charge in [-0.15, -0.1) is 0 Å². The lowest BCUT2D eigenvalue weighted by Crippen LogP contribution is -2.48. The van der Waals surface area contributed by atoms with Gasteiger partial charge in [-0.1, -0.05) is 22.0 Å². The van der Waals surface area contributed by atoms with E-state index >= 15 is 0 Å². The molecule has 218 valence electrons. The molecule has 12 nitrogen and oxygen atoms in total. The van der Waals surface area contributed by atoms with E-state index in [1.165, 1.54) is 39.5 Å². The van der Waals surface area contributed by atoms with E-state index in [-0.39, 0.29) is 24.7 Å². The Labute approximate surface area is 247 Å². The van der Waals surface area contributed by atoms with Gasteiger partial charge in [-0.3, -0.25) is 14.9 Å².